The zero-order valence-electron chi connectivity index (χ0n) is 33.8. The van der Waals surface area contributed by atoms with Crippen LogP contribution in [0.25, 0.3) is 10.9 Å². The van der Waals surface area contributed by atoms with Crippen LogP contribution in [0.5, 0.6) is 0 Å². The van der Waals surface area contributed by atoms with Gasteiger partial charge in [-0.25, -0.2) is 14.6 Å². The number of carboxylic acids is 1. The van der Waals surface area contributed by atoms with Crippen LogP contribution in [-0.2, 0) is 39.0 Å². The number of anilines is 2. The SMILES string of the molecule is CCc1cc2c(cc1N1CCN(C(=O)CCCc3cnc(N)c(CCC[C@H](NC(=O)OC(C)(C)C)C(=O)O)c3)CC1)C(C)(C)c1[nH]c3cc(C#N)ccc3c1C2=O. The number of ether oxygens (including phenoxy) is 1. The minimum Gasteiger partial charge on any atom is -0.480 e. The second-order valence-corrected chi connectivity index (χ2v) is 16.6. The summed E-state index contributed by atoms with van der Waals surface area (Å²) in [5, 5.41) is 22.3. The molecule has 4 aromatic rings. The number of nitrogens with one attached hydrogen (secondary N) is 2. The molecule has 0 radical (unpaired) electrons. The fourth-order valence-corrected chi connectivity index (χ4v) is 8.07. The van der Waals surface area contributed by atoms with Crippen molar-refractivity contribution in [2.75, 3.05) is 36.8 Å². The minimum atomic E-state index is -1.14. The molecule has 13 nitrogen and oxygen atoms in total. The van der Waals surface area contributed by atoms with Crippen LogP contribution in [0.3, 0.4) is 0 Å². The Hall–Kier alpha value is -5.90. The highest BCUT2D eigenvalue weighted by Crippen LogP contribution is 2.46. The lowest BCUT2D eigenvalue weighted by Crippen LogP contribution is -2.49. The molecule has 0 unspecified atom stereocenters. The van der Waals surface area contributed by atoms with E-state index in [-0.39, 0.29) is 18.1 Å². The Labute approximate surface area is 333 Å². The number of pyridine rings is 1. The first-order chi connectivity index (χ1) is 27.0. The van der Waals surface area contributed by atoms with Gasteiger partial charge in [0.15, 0.2) is 5.78 Å². The van der Waals surface area contributed by atoms with Crippen LogP contribution in [0.4, 0.5) is 16.3 Å². The number of fused-ring (bicyclic) bond motifs is 4. The second kappa shape index (κ2) is 16.3. The van der Waals surface area contributed by atoms with Gasteiger partial charge in [0.05, 0.1) is 17.2 Å². The standard InChI is InChI=1S/C44H53N7O6/c1-7-28-22-31-32(44(5,6)39-37(38(31)53)30-15-14-26(24-45)21-34(30)48-39)23-35(28)50-16-18-51(19-17-50)36(52)13-8-10-27-20-29(40(46)47-25-27)11-9-12-33(41(54)55)49-42(56)57-43(2,3)4/h14-15,20-23,25,33,48H,7-13,16-19H2,1-6H3,(H2,46,47)(H,49,56)(H,54,55)/t33-/m0/s1. The molecule has 2 aliphatic rings. The number of nitriles is 1. The predicted molar refractivity (Wildman–Crippen MR) is 219 cm³/mol. The molecule has 1 fully saturated rings. The lowest BCUT2D eigenvalue weighted by Gasteiger charge is -2.39. The Morgan fingerprint density at radius 3 is 2.47 bits per heavy atom. The Morgan fingerprint density at radius 2 is 1.81 bits per heavy atom. The van der Waals surface area contributed by atoms with E-state index in [1.54, 1.807) is 39.1 Å². The topological polar surface area (TPSA) is 195 Å². The summed E-state index contributed by atoms with van der Waals surface area (Å²) in [4.78, 5) is 63.4. The minimum absolute atomic E-state index is 0.00325. The maximum Gasteiger partial charge on any atom is 0.408 e. The first-order valence-electron chi connectivity index (χ1n) is 19.8. The number of carboxylic acid groups (broad SMARTS) is 1. The van der Waals surface area contributed by atoms with Crippen LogP contribution in [-0.4, -0.2) is 81.5 Å². The fourth-order valence-electron chi connectivity index (χ4n) is 8.07. The molecule has 13 heteroatoms. The van der Waals surface area contributed by atoms with Crippen LogP contribution in [0.1, 0.15) is 117 Å². The predicted octanol–water partition coefficient (Wildman–Crippen LogP) is 6.42. The van der Waals surface area contributed by atoms with Gasteiger partial charge in [-0.3, -0.25) is 9.59 Å². The zero-order valence-corrected chi connectivity index (χ0v) is 33.8. The molecule has 300 valence electrons. The molecule has 0 spiro atoms. The number of aromatic amines is 1. The molecule has 2 aromatic carbocycles. The maximum absolute atomic E-state index is 14.1. The van der Waals surface area contributed by atoms with E-state index in [9.17, 15) is 29.5 Å². The van der Waals surface area contributed by atoms with Crippen molar-refractivity contribution in [2.45, 2.75) is 104 Å². The van der Waals surface area contributed by atoms with Gasteiger partial charge in [0.2, 0.25) is 5.91 Å². The van der Waals surface area contributed by atoms with Crippen molar-refractivity contribution in [3.63, 3.8) is 0 Å². The summed E-state index contributed by atoms with van der Waals surface area (Å²) < 4.78 is 5.20. The van der Waals surface area contributed by atoms with E-state index in [1.807, 2.05) is 17.0 Å². The molecule has 1 saturated heterocycles. The number of nitrogen functional groups attached to an aromatic ring is 1. The van der Waals surface area contributed by atoms with Crippen molar-refractivity contribution < 1.29 is 29.0 Å². The van der Waals surface area contributed by atoms with Gasteiger partial charge in [-0.1, -0.05) is 32.9 Å². The van der Waals surface area contributed by atoms with E-state index in [2.05, 4.69) is 59.2 Å². The van der Waals surface area contributed by atoms with Crippen molar-refractivity contribution >= 4 is 46.2 Å². The van der Waals surface area contributed by atoms with Crippen LogP contribution in [0.15, 0.2) is 42.6 Å². The average Bonchev–Trinajstić information content (AvgIpc) is 3.57. The third kappa shape index (κ3) is 8.75. The number of H-pyrrole nitrogens is 1. The van der Waals surface area contributed by atoms with Crippen LogP contribution >= 0.6 is 0 Å². The molecule has 6 rings (SSSR count). The normalized spacial score (nSPS) is 15.4. The Morgan fingerprint density at radius 1 is 1.07 bits per heavy atom. The molecule has 5 N–H and O–H groups in total. The molecule has 3 heterocycles. The van der Waals surface area contributed by atoms with Gasteiger partial charge in [0.1, 0.15) is 17.5 Å². The van der Waals surface area contributed by atoms with E-state index < -0.39 is 29.1 Å². The number of carbonyl (C=O) groups is 4. The third-order valence-electron chi connectivity index (χ3n) is 11.1. The molecule has 1 aliphatic carbocycles. The van der Waals surface area contributed by atoms with Gasteiger partial charge < -0.3 is 35.7 Å². The van der Waals surface area contributed by atoms with Crippen molar-refractivity contribution in [1.82, 2.24) is 20.2 Å². The van der Waals surface area contributed by atoms with Crippen molar-refractivity contribution in [3.8, 4) is 6.07 Å². The Balaban J connectivity index is 1.03. The summed E-state index contributed by atoms with van der Waals surface area (Å²) >= 11 is 0. The van der Waals surface area contributed by atoms with Crippen LogP contribution in [0, 0.1) is 11.3 Å². The average molecular weight is 776 g/mol. The highest BCUT2D eigenvalue weighted by atomic mass is 16.6. The number of aliphatic carboxylic acids is 1. The van der Waals surface area contributed by atoms with Crippen molar-refractivity contribution in [3.05, 3.63) is 87.2 Å². The highest BCUT2D eigenvalue weighted by Gasteiger charge is 2.41. The molecular formula is C44H53N7O6. The molecule has 1 atom stereocenters. The number of rotatable bonds is 12. The number of alkyl carbamates (subject to hydrolysis) is 1. The van der Waals surface area contributed by atoms with E-state index in [0.29, 0.717) is 75.2 Å². The van der Waals surface area contributed by atoms with E-state index in [4.69, 9.17) is 10.5 Å². The molecule has 0 bridgehead atoms. The quantitative estimate of drug-likeness (QED) is 0.125. The number of nitrogens with two attached hydrogens (primary N) is 1. The number of aromatic nitrogens is 2. The Bertz CT molecular complexity index is 2260. The first-order valence-corrected chi connectivity index (χ1v) is 19.8. The number of hydrogen-bond donors (Lipinski definition) is 4. The number of piperazine rings is 1. The van der Waals surface area contributed by atoms with Crippen LogP contribution in [0.2, 0.25) is 0 Å². The van der Waals surface area contributed by atoms with Gasteiger partial charge in [0, 0.05) is 72.1 Å². The summed E-state index contributed by atoms with van der Waals surface area (Å²) in [5.41, 5.74) is 13.4. The number of carbonyl (C=O) groups excluding carboxylic acids is 3. The van der Waals surface area contributed by atoms with Gasteiger partial charge in [0.25, 0.3) is 0 Å². The Kier molecular flexibility index (Phi) is 11.6. The van der Waals surface area contributed by atoms with Crippen molar-refractivity contribution in [2.24, 2.45) is 0 Å². The third-order valence-corrected chi connectivity index (χ3v) is 11.1. The summed E-state index contributed by atoms with van der Waals surface area (Å²) in [5.74, 6) is -0.663. The number of aryl methyl sites for hydroxylation is 3. The molecule has 1 aliphatic heterocycles. The largest absolute Gasteiger partial charge is 0.480 e. The second-order valence-electron chi connectivity index (χ2n) is 16.6. The number of hydrogen-bond acceptors (Lipinski definition) is 9. The lowest BCUT2D eigenvalue weighted by molar-refractivity contribution is -0.139. The van der Waals surface area contributed by atoms with Gasteiger partial charge in [-0.05, 0) is 106 Å². The van der Waals surface area contributed by atoms with Gasteiger partial charge in [-0.15, -0.1) is 0 Å². The number of nitrogens with zero attached hydrogens (tertiary/aromatic N) is 4. The summed E-state index contributed by atoms with van der Waals surface area (Å²) in [6, 6.07) is 12.7. The monoisotopic (exact) mass is 775 g/mol. The number of amides is 2. The van der Waals surface area contributed by atoms with Crippen LogP contribution < -0.4 is 16.0 Å². The maximum atomic E-state index is 14.1. The van der Waals surface area contributed by atoms with Crippen molar-refractivity contribution in [1.29, 1.82) is 5.26 Å². The fraction of sp³-hybridized carbons (Fsp3) is 0.455. The van der Waals surface area contributed by atoms with Gasteiger partial charge in [-0.2, -0.15) is 5.26 Å². The molecule has 2 amide bonds. The summed E-state index contributed by atoms with van der Waals surface area (Å²) in [6.45, 7) is 14.1. The zero-order chi connectivity index (χ0) is 41.2. The molecule has 57 heavy (non-hydrogen) atoms. The molecular weight excluding hydrogens is 723 g/mol. The highest BCUT2D eigenvalue weighted by molar-refractivity contribution is 6.20. The molecule has 2 aromatic heterocycles. The van der Waals surface area contributed by atoms with E-state index in [0.717, 1.165) is 56.5 Å². The smallest absolute Gasteiger partial charge is 0.408 e. The lowest BCUT2D eigenvalue weighted by atomic mass is 9.70. The first kappa shape index (κ1) is 40.8. The summed E-state index contributed by atoms with van der Waals surface area (Å²) in [6.07, 6.45) is 4.53. The number of benzene rings is 2. The molecule has 0 saturated carbocycles. The van der Waals surface area contributed by atoms with E-state index >= 15 is 0 Å². The summed E-state index contributed by atoms with van der Waals surface area (Å²) in [7, 11) is 0. The number of ketones is 1. The van der Waals surface area contributed by atoms with E-state index in [1.165, 1.54) is 0 Å². The van der Waals surface area contributed by atoms with Gasteiger partial charge >= 0.3 is 12.1 Å².